The molecule has 21 heavy (non-hydrogen) atoms. The van der Waals surface area contributed by atoms with Gasteiger partial charge in [0.1, 0.15) is 11.4 Å². The Kier molecular flexibility index (Phi) is 4.39. The van der Waals surface area contributed by atoms with Gasteiger partial charge in [-0.1, -0.05) is 36.9 Å². The topological polar surface area (TPSA) is 46.1 Å². The van der Waals surface area contributed by atoms with Crippen molar-refractivity contribution in [2.45, 2.75) is 24.8 Å². The first-order valence-corrected chi connectivity index (χ1v) is 8.33. The van der Waals surface area contributed by atoms with E-state index in [1.165, 1.54) is 18.2 Å². The van der Waals surface area contributed by atoms with Gasteiger partial charge in [0.25, 0.3) is 0 Å². The van der Waals surface area contributed by atoms with Crippen molar-refractivity contribution in [2.75, 3.05) is 18.8 Å². The minimum absolute atomic E-state index is 0.217. The monoisotopic (exact) mass is 301 g/mol. The smallest absolute Gasteiger partial charge is 0.232 e. The highest BCUT2D eigenvalue weighted by Crippen LogP contribution is 2.25. The molecule has 0 aliphatic carbocycles. The summed E-state index contributed by atoms with van der Waals surface area (Å²) in [5.41, 5.74) is 0.925. The molecular formula is C16H19N3OS. The molecule has 0 unspecified atom stereocenters. The van der Waals surface area contributed by atoms with Crippen molar-refractivity contribution in [3.05, 3.63) is 30.6 Å². The van der Waals surface area contributed by atoms with Crippen LogP contribution in [0.5, 0.6) is 0 Å². The highest BCUT2D eigenvalue weighted by Gasteiger charge is 2.21. The third-order valence-corrected chi connectivity index (χ3v) is 4.84. The van der Waals surface area contributed by atoms with E-state index in [2.05, 4.69) is 16.9 Å². The largest absolute Gasteiger partial charge is 0.342 e. The quantitative estimate of drug-likeness (QED) is 0.646. The maximum atomic E-state index is 12.3. The van der Waals surface area contributed by atoms with Crippen molar-refractivity contribution in [1.82, 2.24) is 14.9 Å². The van der Waals surface area contributed by atoms with E-state index in [1.807, 2.05) is 29.2 Å². The van der Waals surface area contributed by atoms with Gasteiger partial charge in [-0.05, 0) is 24.8 Å². The Hall–Kier alpha value is -1.62. The molecule has 110 valence electrons. The minimum atomic E-state index is 0.217. The summed E-state index contributed by atoms with van der Waals surface area (Å²) in [6.45, 7) is 4.00. The Morgan fingerprint density at radius 1 is 1.38 bits per heavy atom. The zero-order valence-corrected chi connectivity index (χ0v) is 13.0. The maximum Gasteiger partial charge on any atom is 0.232 e. The number of amides is 1. The molecule has 2 aromatic rings. The number of likely N-dealkylation sites (tertiary alicyclic amines) is 1. The Balaban J connectivity index is 1.67. The van der Waals surface area contributed by atoms with Crippen LogP contribution >= 0.6 is 11.8 Å². The third kappa shape index (κ3) is 3.35. The summed E-state index contributed by atoms with van der Waals surface area (Å²) in [6, 6.07) is 7.91. The van der Waals surface area contributed by atoms with E-state index in [4.69, 9.17) is 0 Å². The number of carbonyl (C=O) groups excluding carboxylic acids is 1. The summed E-state index contributed by atoms with van der Waals surface area (Å²) in [5.74, 6) is 1.29. The van der Waals surface area contributed by atoms with Crippen LogP contribution in [0.15, 0.2) is 35.6 Å². The molecule has 1 saturated heterocycles. The lowest BCUT2D eigenvalue weighted by Crippen LogP contribution is -2.40. The van der Waals surface area contributed by atoms with Gasteiger partial charge in [-0.3, -0.25) is 4.79 Å². The van der Waals surface area contributed by atoms with Crippen molar-refractivity contribution >= 4 is 28.6 Å². The van der Waals surface area contributed by atoms with Gasteiger partial charge in [0.05, 0.1) is 11.3 Å². The second kappa shape index (κ2) is 6.43. The zero-order valence-electron chi connectivity index (χ0n) is 12.2. The molecule has 1 amide bonds. The van der Waals surface area contributed by atoms with Crippen molar-refractivity contribution < 1.29 is 4.79 Å². The molecule has 0 spiro atoms. The molecule has 1 fully saturated rings. The number of piperidine rings is 1. The summed E-state index contributed by atoms with van der Waals surface area (Å²) < 4.78 is 0. The number of carbonyl (C=O) groups is 1. The molecule has 1 atom stereocenters. The summed E-state index contributed by atoms with van der Waals surface area (Å²) in [6.07, 6.45) is 3.92. The molecule has 1 aromatic heterocycles. The predicted molar refractivity (Wildman–Crippen MR) is 85.2 cm³/mol. The molecule has 0 bridgehead atoms. The van der Waals surface area contributed by atoms with E-state index in [9.17, 15) is 4.79 Å². The van der Waals surface area contributed by atoms with Crippen molar-refractivity contribution in [3.63, 3.8) is 0 Å². The molecule has 4 nitrogen and oxygen atoms in total. The lowest BCUT2D eigenvalue weighted by molar-refractivity contribution is -0.130. The molecule has 1 aliphatic heterocycles. The van der Waals surface area contributed by atoms with Crippen molar-refractivity contribution in [3.8, 4) is 0 Å². The first-order valence-electron chi connectivity index (χ1n) is 7.34. The van der Waals surface area contributed by atoms with Gasteiger partial charge in [-0.15, -0.1) is 0 Å². The SMILES string of the molecule is C[C@H]1CCCN(C(=O)CSc2ncnc3ccccc23)C1. The number of para-hydroxylation sites is 1. The average Bonchev–Trinajstić information content (AvgIpc) is 2.52. The lowest BCUT2D eigenvalue weighted by Gasteiger charge is -2.30. The number of benzene rings is 1. The van der Waals surface area contributed by atoms with Crippen LogP contribution in [0.2, 0.25) is 0 Å². The van der Waals surface area contributed by atoms with Gasteiger partial charge in [0.15, 0.2) is 0 Å². The number of hydrogen-bond acceptors (Lipinski definition) is 4. The molecule has 2 heterocycles. The summed E-state index contributed by atoms with van der Waals surface area (Å²) in [5, 5.41) is 1.91. The Morgan fingerprint density at radius 2 is 2.24 bits per heavy atom. The number of thioether (sulfide) groups is 1. The standard InChI is InChI=1S/C16H19N3OS/c1-12-5-4-8-19(9-12)15(20)10-21-16-13-6-2-3-7-14(13)17-11-18-16/h2-3,6-7,11-12H,4-5,8-10H2,1H3/t12-/m0/s1. The lowest BCUT2D eigenvalue weighted by atomic mass is 10.0. The number of nitrogens with zero attached hydrogens (tertiary/aromatic N) is 3. The fourth-order valence-corrected chi connectivity index (χ4v) is 3.62. The molecule has 0 saturated carbocycles. The number of hydrogen-bond donors (Lipinski definition) is 0. The summed E-state index contributed by atoms with van der Waals surface area (Å²) in [7, 11) is 0. The maximum absolute atomic E-state index is 12.3. The Labute approximate surface area is 129 Å². The van der Waals surface area contributed by atoms with Crippen LogP contribution in [0, 0.1) is 5.92 Å². The van der Waals surface area contributed by atoms with E-state index >= 15 is 0 Å². The second-order valence-corrected chi connectivity index (χ2v) is 6.54. The molecule has 1 aromatic carbocycles. The molecule has 0 radical (unpaired) electrons. The van der Waals surface area contributed by atoms with Crippen LogP contribution in [0.25, 0.3) is 10.9 Å². The van der Waals surface area contributed by atoms with Crippen LogP contribution in [-0.4, -0.2) is 39.6 Å². The number of fused-ring (bicyclic) bond motifs is 1. The van der Waals surface area contributed by atoms with Crippen LogP contribution in [0.3, 0.4) is 0 Å². The van der Waals surface area contributed by atoms with Crippen LogP contribution < -0.4 is 0 Å². The summed E-state index contributed by atoms with van der Waals surface area (Å²) >= 11 is 1.51. The number of aromatic nitrogens is 2. The second-order valence-electron chi connectivity index (χ2n) is 5.57. The van der Waals surface area contributed by atoms with Crippen molar-refractivity contribution in [2.24, 2.45) is 5.92 Å². The highest BCUT2D eigenvalue weighted by atomic mass is 32.2. The molecule has 1 aliphatic rings. The van der Waals surface area contributed by atoms with Gasteiger partial charge in [0, 0.05) is 18.5 Å². The molecular weight excluding hydrogens is 282 g/mol. The first-order chi connectivity index (χ1) is 10.2. The van der Waals surface area contributed by atoms with Gasteiger partial charge in [0.2, 0.25) is 5.91 Å². The summed E-state index contributed by atoms with van der Waals surface area (Å²) in [4.78, 5) is 22.9. The Bertz CT molecular complexity index is 641. The third-order valence-electron chi connectivity index (χ3n) is 3.85. The van der Waals surface area contributed by atoms with E-state index in [1.54, 1.807) is 6.33 Å². The van der Waals surface area contributed by atoms with E-state index in [0.29, 0.717) is 11.7 Å². The van der Waals surface area contributed by atoms with Gasteiger partial charge in [-0.25, -0.2) is 9.97 Å². The first kappa shape index (κ1) is 14.3. The fraction of sp³-hybridized carbons (Fsp3) is 0.438. The van der Waals surface area contributed by atoms with Gasteiger partial charge < -0.3 is 4.90 Å². The van der Waals surface area contributed by atoms with Crippen molar-refractivity contribution in [1.29, 1.82) is 0 Å². The van der Waals surface area contributed by atoms with Crippen LogP contribution in [0.1, 0.15) is 19.8 Å². The Morgan fingerprint density at radius 3 is 3.10 bits per heavy atom. The van der Waals surface area contributed by atoms with Crippen LogP contribution in [0.4, 0.5) is 0 Å². The van der Waals surface area contributed by atoms with Crippen LogP contribution in [-0.2, 0) is 4.79 Å². The fourth-order valence-electron chi connectivity index (χ4n) is 2.73. The zero-order chi connectivity index (χ0) is 14.7. The highest BCUT2D eigenvalue weighted by molar-refractivity contribution is 8.00. The predicted octanol–water partition coefficient (Wildman–Crippen LogP) is 2.98. The van der Waals surface area contributed by atoms with Gasteiger partial charge in [-0.2, -0.15) is 0 Å². The van der Waals surface area contributed by atoms with Gasteiger partial charge >= 0.3 is 0 Å². The number of rotatable bonds is 3. The minimum Gasteiger partial charge on any atom is -0.342 e. The van der Waals surface area contributed by atoms with E-state index < -0.39 is 0 Å². The van der Waals surface area contributed by atoms with E-state index in [-0.39, 0.29) is 5.91 Å². The average molecular weight is 301 g/mol. The molecule has 3 rings (SSSR count). The molecule has 5 heteroatoms. The molecule has 0 N–H and O–H groups in total. The normalized spacial score (nSPS) is 18.9. The van der Waals surface area contributed by atoms with E-state index in [0.717, 1.165) is 35.4 Å².